The van der Waals surface area contributed by atoms with Crippen LogP contribution in [0.15, 0.2) is 12.1 Å². The van der Waals surface area contributed by atoms with Crippen molar-refractivity contribution in [1.29, 1.82) is 0 Å². The molecule has 0 heterocycles. The van der Waals surface area contributed by atoms with Crippen LogP contribution in [0.4, 0.5) is 0 Å². The van der Waals surface area contributed by atoms with Crippen LogP contribution in [0.5, 0.6) is 0 Å². The predicted molar refractivity (Wildman–Crippen MR) is 56.4 cm³/mol. The van der Waals surface area contributed by atoms with Crippen molar-refractivity contribution in [3.05, 3.63) is 34.4 Å². The lowest BCUT2D eigenvalue weighted by molar-refractivity contribution is 0.0998. The minimum Gasteiger partial charge on any atom is -0.366 e. The largest absolute Gasteiger partial charge is 0.366 e. The van der Waals surface area contributed by atoms with Gasteiger partial charge in [0.25, 0.3) is 0 Å². The van der Waals surface area contributed by atoms with Gasteiger partial charge in [0, 0.05) is 5.56 Å². The average molecular weight is 189 g/mol. The summed E-state index contributed by atoms with van der Waals surface area (Å²) in [6.45, 7) is 2.06. The molecule has 0 bridgehead atoms. The van der Waals surface area contributed by atoms with E-state index in [9.17, 15) is 4.79 Å². The Kier molecular flexibility index (Phi) is 2.28. The van der Waals surface area contributed by atoms with Crippen molar-refractivity contribution in [3.8, 4) is 0 Å². The van der Waals surface area contributed by atoms with E-state index in [4.69, 9.17) is 5.73 Å². The first-order valence-electron chi connectivity index (χ1n) is 5.17. The quantitative estimate of drug-likeness (QED) is 0.757. The average Bonchev–Trinajstić information content (AvgIpc) is 2.62. The third-order valence-corrected chi connectivity index (χ3v) is 3.00. The summed E-state index contributed by atoms with van der Waals surface area (Å²) in [6.07, 6.45) is 4.15. The lowest BCUT2D eigenvalue weighted by atomic mass is 9.96. The Hall–Kier alpha value is -1.31. The second kappa shape index (κ2) is 3.45. The zero-order chi connectivity index (χ0) is 10.1. The van der Waals surface area contributed by atoms with E-state index in [2.05, 4.69) is 13.0 Å². The number of carbonyl (C=O) groups excluding carboxylic acids is 1. The standard InChI is InChI=1S/C12H15NO/c1-2-8-6-7-9-4-3-5-10(9)11(8)12(13)14/h6-7H,2-5H2,1H3,(H2,13,14). The monoisotopic (exact) mass is 189 g/mol. The minimum absolute atomic E-state index is 0.263. The molecule has 1 aromatic rings. The topological polar surface area (TPSA) is 43.1 Å². The number of hydrogen-bond donors (Lipinski definition) is 1. The van der Waals surface area contributed by atoms with Gasteiger partial charge in [-0.2, -0.15) is 0 Å². The molecular weight excluding hydrogens is 174 g/mol. The maximum absolute atomic E-state index is 11.4. The maximum Gasteiger partial charge on any atom is 0.249 e. The molecule has 0 saturated carbocycles. The van der Waals surface area contributed by atoms with Crippen LogP contribution in [-0.2, 0) is 19.3 Å². The van der Waals surface area contributed by atoms with Gasteiger partial charge in [0.05, 0.1) is 0 Å². The molecule has 2 N–H and O–H groups in total. The zero-order valence-corrected chi connectivity index (χ0v) is 8.47. The van der Waals surface area contributed by atoms with Gasteiger partial charge in [-0.1, -0.05) is 19.1 Å². The first-order valence-corrected chi connectivity index (χ1v) is 5.17. The molecule has 0 unspecified atom stereocenters. The van der Waals surface area contributed by atoms with Gasteiger partial charge in [0.2, 0.25) is 5.91 Å². The van der Waals surface area contributed by atoms with Gasteiger partial charge in [-0.05, 0) is 42.4 Å². The molecule has 0 spiro atoms. The highest BCUT2D eigenvalue weighted by Crippen LogP contribution is 2.27. The molecule has 1 aliphatic carbocycles. The Bertz CT molecular complexity index is 382. The minimum atomic E-state index is -0.263. The molecule has 0 aliphatic heterocycles. The fraction of sp³-hybridized carbons (Fsp3) is 0.417. The van der Waals surface area contributed by atoms with E-state index < -0.39 is 0 Å². The Labute approximate surface area is 84.1 Å². The van der Waals surface area contributed by atoms with Crippen LogP contribution in [0.1, 0.15) is 40.4 Å². The molecule has 1 aromatic carbocycles. The van der Waals surface area contributed by atoms with E-state index in [1.54, 1.807) is 0 Å². The summed E-state index contributed by atoms with van der Waals surface area (Å²) in [7, 11) is 0. The normalized spacial score (nSPS) is 14.1. The lowest BCUT2D eigenvalue weighted by Gasteiger charge is -2.10. The van der Waals surface area contributed by atoms with E-state index in [0.29, 0.717) is 0 Å². The highest BCUT2D eigenvalue weighted by atomic mass is 16.1. The Balaban J connectivity index is 2.62. The van der Waals surface area contributed by atoms with Crippen molar-refractivity contribution < 1.29 is 4.79 Å². The van der Waals surface area contributed by atoms with Crippen molar-refractivity contribution in [1.82, 2.24) is 0 Å². The summed E-state index contributed by atoms with van der Waals surface area (Å²) >= 11 is 0. The van der Waals surface area contributed by atoms with E-state index >= 15 is 0 Å². The number of fused-ring (bicyclic) bond motifs is 1. The van der Waals surface area contributed by atoms with Crippen LogP contribution in [0.3, 0.4) is 0 Å². The van der Waals surface area contributed by atoms with Gasteiger partial charge in [-0.3, -0.25) is 4.79 Å². The van der Waals surface area contributed by atoms with Crippen molar-refractivity contribution in [2.24, 2.45) is 5.73 Å². The van der Waals surface area contributed by atoms with Gasteiger partial charge in [-0.15, -0.1) is 0 Å². The number of carbonyl (C=O) groups is 1. The molecule has 0 radical (unpaired) electrons. The smallest absolute Gasteiger partial charge is 0.249 e. The molecule has 0 saturated heterocycles. The molecule has 0 atom stereocenters. The van der Waals surface area contributed by atoms with Crippen LogP contribution in [0.2, 0.25) is 0 Å². The molecule has 0 aromatic heterocycles. The first-order chi connectivity index (χ1) is 6.74. The van der Waals surface area contributed by atoms with Gasteiger partial charge >= 0.3 is 0 Å². The van der Waals surface area contributed by atoms with E-state index in [1.807, 2.05) is 6.07 Å². The maximum atomic E-state index is 11.4. The fourth-order valence-corrected chi connectivity index (χ4v) is 2.32. The molecule has 1 aliphatic rings. The number of rotatable bonds is 2. The molecule has 0 fully saturated rings. The second-order valence-corrected chi connectivity index (χ2v) is 3.81. The summed E-state index contributed by atoms with van der Waals surface area (Å²) < 4.78 is 0. The zero-order valence-electron chi connectivity index (χ0n) is 8.47. The van der Waals surface area contributed by atoms with Gasteiger partial charge < -0.3 is 5.73 Å². The number of amides is 1. The molecule has 2 heteroatoms. The number of primary amides is 1. The van der Waals surface area contributed by atoms with Crippen LogP contribution < -0.4 is 5.73 Å². The molecule has 14 heavy (non-hydrogen) atoms. The summed E-state index contributed by atoms with van der Waals surface area (Å²) in [5, 5.41) is 0. The predicted octanol–water partition coefficient (Wildman–Crippen LogP) is 1.84. The lowest BCUT2D eigenvalue weighted by Crippen LogP contribution is -2.16. The second-order valence-electron chi connectivity index (χ2n) is 3.81. The summed E-state index contributed by atoms with van der Waals surface area (Å²) in [6, 6.07) is 4.19. The van der Waals surface area contributed by atoms with Crippen molar-refractivity contribution >= 4 is 5.91 Å². The van der Waals surface area contributed by atoms with Gasteiger partial charge in [-0.25, -0.2) is 0 Å². The number of nitrogens with two attached hydrogens (primary N) is 1. The SMILES string of the molecule is CCc1ccc2c(c1C(N)=O)CCC2. The van der Waals surface area contributed by atoms with Crippen LogP contribution in [-0.4, -0.2) is 5.91 Å². The van der Waals surface area contributed by atoms with Crippen LogP contribution in [0.25, 0.3) is 0 Å². The molecule has 1 amide bonds. The Morgan fingerprint density at radius 1 is 1.43 bits per heavy atom. The first kappa shape index (κ1) is 9.25. The van der Waals surface area contributed by atoms with E-state index in [-0.39, 0.29) is 5.91 Å². The molecule has 2 rings (SSSR count). The van der Waals surface area contributed by atoms with Crippen molar-refractivity contribution in [3.63, 3.8) is 0 Å². The highest BCUT2D eigenvalue weighted by molar-refractivity contribution is 5.96. The fourth-order valence-electron chi connectivity index (χ4n) is 2.32. The number of benzene rings is 1. The van der Waals surface area contributed by atoms with Crippen molar-refractivity contribution in [2.75, 3.05) is 0 Å². The van der Waals surface area contributed by atoms with E-state index in [0.717, 1.165) is 36.8 Å². The third kappa shape index (κ3) is 1.31. The summed E-state index contributed by atoms with van der Waals surface area (Å²) in [5.41, 5.74) is 9.83. The third-order valence-electron chi connectivity index (χ3n) is 3.00. The number of aryl methyl sites for hydroxylation is 2. The van der Waals surface area contributed by atoms with Crippen molar-refractivity contribution in [2.45, 2.75) is 32.6 Å². The Morgan fingerprint density at radius 2 is 2.21 bits per heavy atom. The van der Waals surface area contributed by atoms with Gasteiger partial charge in [0.1, 0.15) is 0 Å². The van der Waals surface area contributed by atoms with Gasteiger partial charge in [0.15, 0.2) is 0 Å². The Morgan fingerprint density at radius 3 is 2.86 bits per heavy atom. The number of hydrogen-bond acceptors (Lipinski definition) is 1. The summed E-state index contributed by atoms with van der Waals surface area (Å²) in [5.74, 6) is -0.263. The van der Waals surface area contributed by atoms with E-state index in [1.165, 1.54) is 11.1 Å². The summed E-state index contributed by atoms with van der Waals surface area (Å²) in [4.78, 5) is 11.4. The molecule has 74 valence electrons. The molecule has 2 nitrogen and oxygen atoms in total. The highest BCUT2D eigenvalue weighted by Gasteiger charge is 2.19. The molecular formula is C12H15NO. The van der Waals surface area contributed by atoms with Crippen LogP contribution in [0, 0.1) is 0 Å². The van der Waals surface area contributed by atoms with Crippen LogP contribution >= 0.6 is 0 Å².